The zero-order chi connectivity index (χ0) is 13.0. The molecule has 1 unspecified atom stereocenters. The SMILES string of the molecule is CC(C=CS(C)(=O)=O)NC(=O)OC(C)(C)C. The van der Waals surface area contributed by atoms with Crippen LogP contribution < -0.4 is 5.32 Å². The van der Waals surface area contributed by atoms with E-state index in [4.69, 9.17) is 4.74 Å². The zero-order valence-electron chi connectivity index (χ0n) is 10.3. The Morgan fingerprint density at radius 1 is 1.38 bits per heavy atom. The van der Waals surface area contributed by atoms with Gasteiger partial charge in [0.25, 0.3) is 0 Å². The van der Waals surface area contributed by atoms with Gasteiger partial charge in [-0.2, -0.15) is 0 Å². The van der Waals surface area contributed by atoms with Crippen molar-refractivity contribution < 1.29 is 17.9 Å². The fourth-order valence-electron chi connectivity index (χ4n) is 0.802. The third kappa shape index (κ3) is 9.51. The van der Waals surface area contributed by atoms with Gasteiger partial charge in [-0.25, -0.2) is 13.2 Å². The summed E-state index contributed by atoms with van der Waals surface area (Å²) in [6, 6.07) is -0.399. The van der Waals surface area contributed by atoms with Crippen LogP contribution in [0.2, 0.25) is 0 Å². The topological polar surface area (TPSA) is 72.5 Å². The van der Waals surface area contributed by atoms with E-state index >= 15 is 0 Å². The first-order chi connectivity index (χ1) is 6.99. The summed E-state index contributed by atoms with van der Waals surface area (Å²) in [5.74, 6) is 0. The van der Waals surface area contributed by atoms with Crippen molar-refractivity contribution in [1.82, 2.24) is 5.32 Å². The summed E-state index contributed by atoms with van der Waals surface area (Å²) in [6.45, 7) is 6.92. The molecule has 0 heterocycles. The van der Waals surface area contributed by atoms with Crippen LogP contribution in [-0.4, -0.2) is 32.4 Å². The molecule has 0 aromatic rings. The molecule has 0 rings (SSSR count). The molecule has 0 bridgehead atoms. The van der Waals surface area contributed by atoms with Gasteiger partial charge in [0.1, 0.15) is 5.60 Å². The first-order valence-electron chi connectivity index (χ1n) is 4.87. The number of nitrogens with one attached hydrogen (secondary N) is 1. The lowest BCUT2D eigenvalue weighted by Gasteiger charge is -2.20. The van der Waals surface area contributed by atoms with Crippen LogP contribution in [0.1, 0.15) is 27.7 Å². The van der Waals surface area contributed by atoms with Crippen molar-refractivity contribution in [2.45, 2.75) is 39.3 Å². The summed E-state index contributed by atoms with van der Waals surface area (Å²) in [6.07, 6.45) is 1.90. The Morgan fingerprint density at radius 3 is 2.25 bits per heavy atom. The second kappa shape index (κ2) is 5.34. The second-order valence-electron chi connectivity index (χ2n) is 4.59. The number of carbonyl (C=O) groups is 1. The number of hydrogen-bond donors (Lipinski definition) is 1. The molecule has 94 valence electrons. The van der Waals surface area contributed by atoms with E-state index in [1.165, 1.54) is 6.08 Å². The van der Waals surface area contributed by atoms with Crippen LogP contribution in [-0.2, 0) is 14.6 Å². The quantitative estimate of drug-likeness (QED) is 0.821. The minimum absolute atomic E-state index is 0.399. The summed E-state index contributed by atoms with van der Waals surface area (Å²) >= 11 is 0. The van der Waals surface area contributed by atoms with Gasteiger partial charge >= 0.3 is 6.09 Å². The molecular weight excluding hydrogens is 230 g/mol. The van der Waals surface area contributed by atoms with Crippen molar-refractivity contribution in [2.75, 3.05) is 6.26 Å². The molecule has 1 atom stereocenters. The van der Waals surface area contributed by atoms with Crippen LogP contribution in [0.3, 0.4) is 0 Å². The summed E-state index contributed by atoms with van der Waals surface area (Å²) in [5, 5.41) is 3.55. The third-order valence-corrected chi connectivity index (χ3v) is 2.01. The van der Waals surface area contributed by atoms with E-state index in [0.29, 0.717) is 0 Å². The predicted octanol–water partition coefficient (Wildman–Crippen LogP) is 1.46. The molecule has 0 aromatic carbocycles. The molecular formula is C10H19NO4S. The number of sulfone groups is 1. The zero-order valence-corrected chi connectivity index (χ0v) is 11.1. The normalized spacial score (nSPS) is 14.8. The van der Waals surface area contributed by atoms with Gasteiger partial charge < -0.3 is 10.1 Å². The van der Waals surface area contributed by atoms with Gasteiger partial charge in [0, 0.05) is 17.7 Å². The van der Waals surface area contributed by atoms with Crippen molar-refractivity contribution in [1.29, 1.82) is 0 Å². The molecule has 0 spiro atoms. The molecule has 0 saturated heterocycles. The maximum absolute atomic E-state index is 11.3. The number of carbonyl (C=O) groups excluding carboxylic acids is 1. The van der Waals surface area contributed by atoms with E-state index < -0.39 is 27.6 Å². The molecule has 0 aliphatic heterocycles. The van der Waals surface area contributed by atoms with Crippen molar-refractivity contribution >= 4 is 15.9 Å². The summed E-state index contributed by atoms with van der Waals surface area (Å²) in [4.78, 5) is 11.3. The summed E-state index contributed by atoms with van der Waals surface area (Å²) in [7, 11) is -3.16. The minimum Gasteiger partial charge on any atom is -0.444 e. The van der Waals surface area contributed by atoms with Crippen molar-refractivity contribution in [3.8, 4) is 0 Å². The van der Waals surface area contributed by atoms with Crippen molar-refractivity contribution in [3.63, 3.8) is 0 Å². The molecule has 0 aromatic heterocycles. The number of rotatable bonds is 3. The average molecular weight is 249 g/mol. The fourth-order valence-corrected chi connectivity index (χ4v) is 1.32. The lowest BCUT2D eigenvalue weighted by molar-refractivity contribution is 0.0518. The Hall–Kier alpha value is -1.04. The molecule has 5 nitrogen and oxygen atoms in total. The molecule has 6 heteroatoms. The first kappa shape index (κ1) is 15.0. The molecule has 0 radical (unpaired) electrons. The van der Waals surface area contributed by atoms with E-state index in [0.717, 1.165) is 11.7 Å². The highest BCUT2D eigenvalue weighted by molar-refractivity contribution is 7.93. The average Bonchev–Trinajstić information content (AvgIpc) is 1.95. The van der Waals surface area contributed by atoms with E-state index in [2.05, 4.69) is 5.32 Å². The van der Waals surface area contributed by atoms with Crippen LogP contribution in [0.25, 0.3) is 0 Å². The molecule has 0 saturated carbocycles. The Bertz CT molecular complexity index is 365. The van der Waals surface area contributed by atoms with Crippen LogP contribution in [0.4, 0.5) is 4.79 Å². The monoisotopic (exact) mass is 249 g/mol. The number of amides is 1. The van der Waals surface area contributed by atoms with Crippen LogP contribution in [0.5, 0.6) is 0 Å². The van der Waals surface area contributed by atoms with Crippen LogP contribution >= 0.6 is 0 Å². The fraction of sp³-hybridized carbons (Fsp3) is 0.700. The molecule has 1 N–H and O–H groups in total. The Morgan fingerprint density at radius 2 is 1.88 bits per heavy atom. The molecule has 1 amide bonds. The van der Waals surface area contributed by atoms with Crippen LogP contribution in [0.15, 0.2) is 11.5 Å². The molecule has 0 fully saturated rings. The number of alkyl carbamates (subject to hydrolysis) is 1. The number of hydrogen-bond acceptors (Lipinski definition) is 4. The van der Waals surface area contributed by atoms with E-state index in [9.17, 15) is 13.2 Å². The van der Waals surface area contributed by atoms with Gasteiger partial charge in [-0.15, -0.1) is 0 Å². The van der Waals surface area contributed by atoms with Gasteiger partial charge in [0.2, 0.25) is 0 Å². The van der Waals surface area contributed by atoms with Crippen LogP contribution in [0, 0.1) is 0 Å². The third-order valence-electron chi connectivity index (χ3n) is 1.36. The first-order valence-corrected chi connectivity index (χ1v) is 6.83. The highest BCUT2D eigenvalue weighted by Crippen LogP contribution is 2.06. The Labute approximate surface area is 96.8 Å². The largest absolute Gasteiger partial charge is 0.444 e. The number of ether oxygens (including phenoxy) is 1. The van der Waals surface area contributed by atoms with Crippen molar-refractivity contribution in [3.05, 3.63) is 11.5 Å². The van der Waals surface area contributed by atoms with Gasteiger partial charge in [0.05, 0.1) is 0 Å². The standard InChI is InChI=1S/C10H19NO4S/c1-8(6-7-16(5,13)14)11-9(12)15-10(2,3)4/h6-8H,1-5H3,(H,11,12). The maximum atomic E-state index is 11.3. The van der Waals surface area contributed by atoms with Crippen molar-refractivity contribution in [2.24, 2.45) is 0 Å². The second-order valence-corrected chi connectivity index (χ2v) is 6.52. The molecule has 0 aliphatic carbocycles. The summed E-state index contributed by atoms with van der Waals surface area (Å²) in [5.41, 5.74) is -0.565. The summed E-state index contributed by atoms with van der Waals surface area (Å²) < 4.78 is 26.6. The molecule has 0 aliphatic rings. The molecule has 16 heavy (non-hydrogen) atoms. The van der Waals surface area contributed by atoms with Gasteiger partial charge in [-0.1, -0.05) is 6.08 Å². The van der Waals surface area contributed by atoms with Gasteiger partial charge in [-0.05, 0) is 27.7 Å². The highest BCUT2D eigenvalue weighted by Gasteiger charge is 2.16. The lowest BCUT2D eigenvalue weighted by Crippen LogP contribution is -2.36. The Kier molecular flexibility index (Phi) is 4.99. The minimum atomic E-state index is -3.16. The lowest BCUT2D eigenvalue weighted by atomic mass is 10.2. The maximum Gasteiger partial charge on any atom is 0.408 e. The van der Waals surface area contributed by atoms with Gasteiger partial charge in [-0.3, -0.25) is 0 Å². The Balaban J connectivity index is 4.22. The van der Waals surface area contributed by atoms with E-state index in [1.807, 2.05) is 0 Å². The smallest absolute Gasteiger partial charge is 0.408 e. The van der Waals surface area contributed by atoms with Gasteiger partial charge in [0.15, 0.2) is 9.84 Å². The predicted molar refractivity (Wildman–Crippen MR) is 62.8 cm³/mol. The van der Waals surface area contributed by atoms with E-state index in [-0.39, 0.29) is 0 Å². The van der Waals surface area contributed by atoms with E-state index in [1.54, 1.807) is 27.7 Å². The highest BCUT2D eigenvalue weighted by atomic mass is 32.2.